The molecule has 2 aromatic rings. The van der Waals surface area contributed by atoms with Gasteiger partial charge in [-0.2, -0.15) is 0 Å². The van der Waals surface area contributed by atoms with Crippen LogP contribution in [0.3, 0.4) is 0 Å². The fourth-order valence-corrected chi connectivity index (χ4v) is 3.69. The standard InChI is InChI=1S/C25H31NO2/c1-3-28-25(27)14-11-21-7-6-8-23(19-21)24(15-18-26-16-4-5-17-26)22-12-9-20(2)10-13-22/h6-10,12-13,15,19H,3-5,11,14,16-18H2,1-2H3. The van der Waals surface area contributed by atoms with Crippen LogP contribution in [0.5, 0.6) is 0 Å². The molecule has 1 aliphatic rings. The van der Waals surface area contributed by atoms with Crippen LogP contribution in [-0.2, 0) is 16.0 Å². The average molecular weight is 378 g/mol. The molecule has 0 unspecified atom stereocenters. The summed E-state index contributed by atoms with van der Waals surface area (Å²) in [5.41, 5.74) is 6.16. The topological polar surface area (TPSA) is 29.5 Å². The summed E-state index contributed by atoms with van der Waals surface area (Å²) >= 11 is 0. The highest BCUT2D eigenvalue weighted by atomic mass is 16.5. The van der Waals surface area contributed by atoms with Crippen molar-refractivity contribution in [3.63, 3.8) is 0 Å². The number of likely N-dealkylation sites (tertiary alicyclic amines) is 1. The van der Waals surface area contributed by atoms with Gasteiger partial charge in [0.05, 0.1) is 6.61 Å². The molecular weight excluding hydrogens is 346 g/mol. The lowest BCUT2D eigenvalue weighted by molar-refractivity contribution is -0.143. The van der Waals surface area contributed by atoms with E-state index in [0.717, 1.165) is 6.54 Å². The van der Waals surface area contributed by atoms with E-state index in [4.69, 9.17) is 4.74 Å². The molecule has 1 saturated heterocycles. The van der Waals surface area contributed by atoms with Crippen molar-refractivity contribution in [3.8, 4) is 0 Å². The lowest BCUT2D eigenvalue weighted by Crippen LogP contribution is -2.19. The minimum absolute atomic E-state index is 0.128. The Balaban J connectivity index is 1.82. The fourth-order valence-electron chi connectivity index (χ4n) is 3.69. The molecule has 0 saturated carbocycles. The molecule has 3 heteroatoms. The van der Waals surface area contributed by atoms with Gasteiger partial charge in [-0.05, 0) is 68.5 Å². The van der Waals surface area contributed by atoms with E-state index in [1.54, 1.807) is 0 Å². The van der Waals surface area contributed by atoms with Gasteiger partial charge in [-0.25, -0.2) is 0 Å². The second kappa shape index (κ2) is 10.2. The fraction of sp³-hybridized carbons (Fsp3) is 0.400. The molecule has 1 heterocycles. The number of ether oxygens (including phenoxy) is 1. The first-order chi connectivity index (χ1) is 13.7. The van der Waals surface area contributed by atoms with Crippen LogP contribution in [0.1, 0.15) is 48.4 Å². The van der Waals surface area contributed by atoms with Gasteiger partial charge in [0, 0.05) is 13.0 Å². The molecule has 3 nitrogen and oxygen atoms in total. The third-order valence-corrected chi connectivity index (χ3v) is 5.28. The summed E-state index contributed by atoms with van der Waals surface area (Å²) in [4.78, 5) is 14.2. The summed E-state index contributed by atoms with van der Waals surface area (Å²) in [6.45, 7) is 7.77. The molecule has 28 heavy (non-hydrogen) atoms. The first kappa shape index (κ1) is 20.3. The SMILES string of the molecule is CCOC(=O)CCc1cccc(C(=CCN2CCCC2)c2ccc(C)cc2)c1. The molecule has 1 fully saturated rings. The summed E-state index contributed by atoms with van der Waals surface area (Å²) in [6, 6.07) is 17.3. The number of benzene rings is 2. The zero-order valence-electron chi connectivity index (χ0n) is 17.1. The van der Waals surface area contributed by atoms with E-state index in [2.05, 4.69) is 66.4 Å². The zero-order chi connectivity index (χ0) is 19.8. The molecule has 3 rings (SSSR count). The van der Waals surface area contributed by atoms with E-state index in [0.29, 0.717) is 19.4 Å². The Bertz CT molecular complexity index is 802. The Morgan fingerprint density at radius 2 is 1.82 bits per heavy atom. The van der Waals surface area contributed by atoms with Crippen LogP contribution >= 0.6 is 0 Å². The number of rotatable bonds is 8. The van der Waals surface area contributed by atoms with Gasteiger partial charge in [0.2, 0.25) is 0 Å². The van der Waals surface area contributed by atoms with Crippen molar-refractivity contribution in [2.45, 2.75) is 39.5 Å². The number of nitrogens with zero attached hydrogens (tertiary/aromatic N) is 1. The van der Waals surface area contributed by atoms with Crippen LogP contribution in [0.2, 0.25) is 0 Å². The van der Waals surface area contributed by atoms with E-state index >= 15 is 0 Å². The van der Waals surface area contributed by atoms with Crippen LogP contribution < -0.4 is 0 Å². The quantitative estimate of drug-likeness (QED) is 0.605. The maximum atomic E-state index is 11.7. The van der Waals surface area contributed by atoms with E-state index in [1.807, 2.05) is 6.92 Å². The molecule has 0 amide bonds. The van der Waals surface area contributed by atoms with E-state index in [9.17, 15) is 4.79 Å². The predicted octanol–water partition coefficient (Wildman–Crippen LogP) is 5.02. The van der Waals surface area contributed by atoms with Crippen LogP contribution in [-0.4, -0.2) is 37.1 Å². The Labute approximate surface area is 169 Å². The number of hydrogen-bond donors (Lipinski definition) is 0. The summed E-state index contributed by atoms with van der Waals surface area (Å²) < 4.78 is 5.06. The first-order valence-electron chi connectivity index (χ1n) is 10.4. The van der Waals surface area contributed by atoms with Gasteiger partial charge in [0.15, 0.2) is 0 Å². The molecule has 148 valence electrons. The van der Waals surface area contributed by atoms with Crippen LogP contribution in [0.25, 0.3) is 5.57 Å². The molecule has 0 bridgehead atoms. The van der Waals surface area contributed by atoms with Crippen molar-refractivity contribution in [2.24, 2.45) is 0 Å². The third kappa shape index (κ3) is 5.80. The van der Waals surface area contributed by atoms with Gasteiger partial charge in [-0.15, -0.1) is 0 Å². The Morgan fingerprint density at radius 1 is 1.07 bits per heavy atom. The van der Waals surface area contributed by atoms with Crippen molar-refractivity contribution in [1.29, 1.82) is 0 Å². The van der Waals surface area contributed by atoms with E-state index < -0.39 is 0 Å². The lowest BCUT2D eigenvalue weighted by Gasteiger charge is -2.15. The first-order valence-corrected chi connectivity index (χ1v) is 10.4. The second-order valence-corrected chi connectivity index (χ2v) is 7.50. The minimum Gasteiger partial charge on any atom is -0.466 e. The van der Waals surface area contributed by atoms with Gasteiger partial charge in [-0.1, -0.05) is 60.2 Å². The summed E-state index contributed by atoms with van der Waals surface area (Å²) in [7, 11) is 0. The van der Waals surface area contributed by atoms with Gasteiger partial charge in [0.25, 0.3) is 0 Å². The maximum Gasteiger partial charge on any atom is 0.306 e. The molecule has 0 aromatic heterocycles. The molecule has 0 spiro atoms. The third-order valence-electron chi connectivity index (χ3n) is 5.28. The van der Waals surface area contributed by atoms with Crippen molar-refractivity contribution in [3.05, 3.63) is 76.9 Å². The number of aryl methyl sites for hydroxylation is 2. The maximum absolute atomic E-state index is 11.7. The smallest absolute Gasteiger partial charge is 0.306 e. The Hall–Kier alpha value is -2.39. The van der Waals surface area contributed by atoms with E-state index in [1.165, 1.54) is 53.8 Å². The molecule has 0 N–H and O–H groups in total. The number of carbonyl (C=O) groups is 1. The summed E-state index contributed by atoms with van der Waals surface area (Å²) in [5, 5.41) is 0. The Morgan fingerprint density at radius 3 is 2.54 bits per heavy atom. The van der Waals surface area contributed by atoms with Crippen LogP contribution in [0.4, 0.5) is 0 Å². The van der Waals surface area contributed by atoms with Gasteiger partial charge in [-0.3, -0.25) is 9.69 Å². The monoisotopic (exact) mass is 377 g/mol. The zero-order valence-corrected chi connectivity index (χ0v) is 17.1. The molecular formula is C25H31NO2. The lowest BCUT2D eigenvalue weighted by atomic mass is 9.94. The highest BCUT2D eigenvalue weighted by molar-refractivity contribution is 5.80. The predicted molar refractivity (Wildman–Crippen MR) is 115 cm³/mol. The minimum atomic E-state index is -0.128. The summed E-state index contributed by atoms with van der Waals surface area (Å²) in [5.74, 6) is -0.128. The molecule has 0 atom stereocenters. The van der Waals surface area contributed by atoms with Crippen molar-refractivity contribution < 1.29 is 9.53 Å². The molecule has 0 radical (unpaired) electrons. The van der Waals surface area contributed by atoms with Crippen LogP contribution in [0, 0.1) is 6.92 Å². The normalized spacial score (nSPS) is 15.0. The second-order valence-electron chi connectivity index (χ2n) is 7.50. The number of carbonyl (C=O) groups excluding carboxylic acids is 1. The van der Waals surface area contributed by atoms with Gasteiger partial charge in [0.1, 0.15) is 0 Å². The molecule has 1 aliphatic heterocycles. The van der Waals surface area contributed by atoms with Gasteiger partial charge < -0.3 is 4.74 Å². The average Bonchev–Trinajstić information content (AvgIpc) is 3.22. The van der Waals surface area contributed by atoms with Gasteiger partial charge >= 0.3 is 5.97 Å². The highest BCUT2D eigenvalue weighted by Gasteiger charge is 2.12. The summed E-state index contributed by atoms with van der Waals surface area (Å²) in [6.07, 6.45) is 6.10. The number of esters is 1. The largest absolute Gasteiger partial charge is 0.466 e. The highest BCUT2D eigenvalue weighted by Crippen LogP contribution is 2.25. The van der Waals surface area contributed by atoms with E-state index in [-0.39, 0.29) is 5.97 Å². The molecule has 2 aromatic carbocycles. The number of hydrogen-bond acceptors (Lipinski definition) is 3. The van der Waals surface area contributed by atoms with Crippen molar-refractivity contribution >= 4 is 11.5 Å². The van der Waals surface area contributed by atoms with Crippen LogP contribution in [0.15, 0.2) is 54.6 Å². The van der Waals surface area contributed by atoms with Crippen molar-refractivity contribution in [2.75, 3.05) is 26.2 Å². The molecule has 0 aliphatic carbocycles. The van der Waals surface area contributed by atoms with Crippen molar-refractivity contribution in [1.82, 2.24) is 4.90 Å². The Kier molecular flexibility index (Phi) is 7.44.